The van der Waals surface area contributed by atoms with E-state index in [1.807, 2.05) is 6.92 Å². The second-order valence-corrected chi connectivity index (χ2v) is 8.41. The van der Waals surface area contributed by atoms with Gasteiger partial charge in [0, 0.05) is 32.2 Å². The number of piperazine rings is 1. The van der Waals surface area contributed by atoms with Crippen molar-refractivity contribution < 1.29 is 12.8 Å². The average molecular weight is 383 g/mol. The van der Waals surface area contributed by atoms with Crippen LogP contribution in [0, 0.1) is 5.82 Å². The van der Waals surface area contributed by atoms with E-state index in [-0.39, 0.29) is 21.8 Å². The first-order valence-corrected chi connectivity index (χ1v) is 9.95. The first-order valence-electron chi connectivity index (χ1n) is 8.14. The van der Waals surface area contributed by atoms with Crippen LogP contribution < -0.4 is 0 Å². The summed E-state index contributed by atoms with van der Waals surface area (Å²) in [6, 6.07) is 13.0. The fraction of sp³-hybridized carbons (Fsp3) is 0.333. The van der Waals surface area contributed by atoms with Gasteiger partial charge < -0.3 is 0 Å². The van der Waals surface area contributed by atoms with E-state index in [4.69, 9.17) is 11.6 Å². The van der Waals surface area contributed by atoms with Gasteiger partial charge in [0.1, 0.15) is 10.7 Å². The standard InChI is InChI=1S/C18H20ClFN2O2S/c1-14(15-6-8-16(20)9-7-15)21-10-12-22(13-11-21)25(23,24)18-5-3-2-4-17(18)19/h2-9,14H,10-13H2,1H3/t14-/m1/s1. The van der Waals surface area contributed by atoms with Gasteiger partial charge in [-0.15, -0.1) is 0 Å². The molecule has 1 aliphatic rings. The van der Waals surface area contributed by atoms with Crippen molar-refractivity contribution in [2.24, 2.45) is 0 Å². The maximum atomic E-state index is 13.1. The van der Waals surface area contributed by atoms with Gasteiger partial charge in [0.05, 0.1) is 5.02 Å². The molecule has 25 heavy (non-hydrogen) atoms. The Balaban J connectivity index is 1.69. The molecule has 0 N–H and O–H groups in total. The third-order valence-electron chi connectivity index (χ3n) is 4.63. The van der Waals surface area contributed by atoms with Crippen LogP contribution in [0.25, 0.3) is 0 Å². The number of hydrogen-bond acceptors (Lipinski definition) is 3. The molecule has 1 fully saturated rings. The van der Waals surface area contributed by atoms with Gasteiger partial charge in [-0.25, -0.2) is 12.8 Å². The van der Waals surface area contributed by atoms with E-state index >= 15 is 0 Å². The third-order valence-corrected chi connectivity index (χ3v) is 7.03. The SMILES string of the molecule is C[C@H](c1ccc(F)cc1)N1CCN(S(=O)(=O)c2ccccc2Cl)CC1. The molecule has 0 spiro atoms. The highest BCUT2D eigenvalue weighted by atomic mass is 35.5. The summed E-state index contributed by atoms with van der Waals surface area (Å²) in [6.45, 7) is 4.08. The summed E-state index contributed by atoms with van der Waals surface area (Å²) in [4.78, 5) is 2.35. The summed E-state index contributed by atoms with van der Waals surface area (Å²) in [5.41, 5.74) is 1.02. The van der Waals surface area contributed by atoms with Gasteiger partial charge >= 0.3 is 0 Å². The maximum Gasteiger partial charge on any atom is 0.244 e. The van der Waals surface area contributed by atoms with Gasteiger partial charge in [0.15, 0.2) is 0 Å². The molecule has 2 aromatic carbocycles. The molecular weight excluding hydrogens is 363 g/mol. The smallest absolute Gasteiger partial charge is 0.244 e. The molecule has 3 rings (SSSR count). The molecule has 7 heteroatoms. The van der Waals surface area contributed by atoms with Crippen LogP contribution in [-0.2, 0) is 10.0 Å². The Morgan fingerprint density at radius 1 is 1.00 bits per heavy atom. The van der Waals surface area contributed by atoms with E-state index in [0.29, 0.717) is 26.2 Å². The number of nitrogens with zero attached hydrogens (tertiary/aromatic N) is 2. The van der Waals surface area contributed by atoms with E-state index in [2.05, 4.69) is 4.90 Å². The van der Waals surface area contributed by atoms with Crippen LogP contribution in [0.3, 0.4) is 0 Å². The fourth-order valence-electron chi connectivity index (χ4n) is 3.08. The van der Waals surface area contributed by atoms with Crippen LogP contribution >= 0.6 is 11.6 Å². The second-order valence-electron chi connectivity index (χ2n) is 6.10. The minimum absolute atomic E-state index is 0.103. The summed E-state index contributed by atoms with van der Waals surface area (Å²) in [5.74, 6) is -0.258. The van der Waals surface area contributed by atoms with E-state index < -0.39 is 10.0 Å². The van der Waals surface area contributed by atoms with Crippen molar-refractivity contribution in [3.8, 4) is 0 Å². The van der Waals surface area contributed by atoms with Crippen molar-refractivity contribution in [1.82, 2.24) is 9.21 Å². The van der Waals surface area contributed by atoms with Gasteiger partial charge in [-0.2, -0.15) is 4.31 Å². The molecule has 1 saturated heterocycles. The Labute approximate surface area is 152 Å². The largest absolute Gasteiger partial charge is 0.294 e. The minimum Gasteiger partial charge on any atom is -0.294 e. The molecule has 0 aliphatic carbocycles. The lowest BCUT2D eigenvalue weighted by atomic mass is 10.1. The van der Waals surface area contributed by atoms with Gasteiger partial charge in [0.25, 0.3) is 0 Å². The molecule has 0 saturated carbocycles. The number of benzene rings is 2. The van der Waals surface area contributed by atoms with Crippen LogP contribution in [0.1, 0.15) is 18.5 Å². The lowest BCUT2D eigenvalue weighted by Crippen LogP contribution is -2.49. The lowest BCUT2D eigenvalue weighted by Gasteiger charge is -2.37. The Morgan fingerprint density at radius 3 is 2.20 bits per heavy atom. The minimum atomic E-state index is -3.59. The third kappa shape index (κ3) is 3.87. The summed E-state index contributed by atoms with van der Waals surface area (Å²) in [5, 5.41) is 0.240. The Hall–Kier alpha value is -1.47. The highest BCUT2D eigenvalue weighted by molar-refractivity contribution is 7.89. The Kier molecular flexibility index (Phi) is 5.43. The molecule has 0 radical (unpaired) electrons. The maximum absolute atomic E-state index is 13.1. The van der Waals surface area contributed by atoms with Gasteiger partial charge in [-0.3, -0.25) is 4.90 Å². The first-order chi connectivity index (χ1) is 11.9. The topological polar surface area (TPSA) is 40.6 Å². The normalized spacial score (nSPS) is 18.2. The van der Waals surface area contributed by atoms with E-state index in [9.17, 15) is 12.8 Å². The van der Waals surface area contributed by atoms with Crippen LogP contribution in [0.2, 0.25) is 5.02 Å². The second kappa shape index (κ2) is 7.41. The van der Waals surface area contributed by atoms with E-state index in [1.54, 1.807) is 30.3 Å². The van der Waals surface area contributed by atoms with Crippen LogP contribution in [0.15, 0.2) is 53.4 Å². The molecule has 134 valence electrons. The zero-order chi connectivity index (χ0) is 18.0. The molecule has 1 atom stereocenters. The monoisotopic (exact) mass is 382 g/mol. The predicted molar refractivity (Wildman–Crippen MR) is 96.6 cm³/mol. The van der Waals surface area contributed by atoms with Crippen molar-refractivity contribution in [1.29, 1.82) is 0 Å². The van der Waals surface area contributed by atoms with Crippen molar-refractivity contribution >= 4 is 21.6 Å². The fourth-order valence-corrected chi connectivity index (χ4v) is 4.99. The number of halogens is 2. The van der Waals surface area contributed by atoms with Crippen LogP contribution in [0.4, 0.5) is 4.39 Å². The molecule has 1 aliphatic heterocycles. The number of sulfonamides is 1. The van der Waals surface area contributed by atoms with Crippen LogP contribution in [0.5, 0.6) is 0 Å². The summed E-state index contributed by atoms with van der Waals surface area (Å²) >= 11 is 6.05. The number of rotatable bonds is 4. The van der Waals surface area contributed by atoms with Crippen LogP contribution in [-0.4, -0.2) is 43.8 Å². The zero-order valence-electron chi connectivity index (χ0n) is 13.9. The molecule has 1 heterocycles. The summed E-state index contributed by atoms with van der Waals surface area (Å²) in [7, 11) is -3.59. The van der Waals surface area contributed by atoms with E-state index in [0.717, 1.165) is 5.56 Å². The zero-order valence-corrected chi connectivity index (χ0v) is 15.5. The molecule has 0 bridgehead atoms. The quantitative estimate of drug-likeness (QED) is 0.812. The molecule has 0 unspecified atom stereocenters. The lowest BCUT2D eigenvalue weighted by molar-refractivity contribution is 0.146. The van der Waals surface area contributed by atoms with E-state index in [1.165, 1.54) is 22.5 Å². The molecule has 4 nitrogen and oxygen atoms in total. The predicted octanol–water partition coefficient (Wildman–Crippen LogP) is 3.55. The van der Waals surface area contributed by atoms with Gasteiger partial charge in [0.2, 0.25) is 10.0 Å². The Bertz CT molecular complexity index is 834. The van der Waals surface area contributed by atoms with Crippen molar-refractivity contribution in [3.63, 3.8) is 0 Å². The molecule has 2 aromatic rings. The Morgan fingerprint density at radius 2 is 1.60 bits per heavy atom. The first kappa shape index (κ1) is 18.3. The summed E-state index contributed by atoms with van der Waals surface area (Å²) in [6.07, 6.45) is 0. The highest BCUT2D eigenvalue weighted by Crippen LogP contribution is 2.27. The van der Waals surface area contributed by atoms with Crippen molar-refractivity contribution in [2.45, 2.75) is 17.9 Å². The van der Waals surface area contributed by atoms with Gasteiger partial charge in [-0.05, 0) is 36.8 Å². The van der Waals surface area contributed by atoms with Crippen molar-refractivity contribution in [2.75, 3.05) is 26.2 Å². The van der Waals surface area contributed by atoms with Crippen molar-refractivity contribution in [3.05, 3.63) is 64.9 Å². The molecule has 0 amide bonds. The number of hydrogen-bond donors (Lipinski definition) is 0. The average Bonchev–Trinajstić information content (AvgIpc) is 2.62. The van der Waals surface area contributed by atoms with Gasteiger partial charge in [-0.1, -0.05) is 35.9 Å². The molecular formula is C18H20ClFN2O2S. The molecule has 0 aromatic heterocycles. The summed E-state index contributed by atoms with van der Waals surface area (Å²) < 4.78 is 40.1. The highest BCUT2D eigenvalue weighted by Gasteiger charge is 2.31.